The molecule has 0 saturated carbocycles. The van der Waals surface area contributed by atoms with Crippen LogP contribution in [-0.2, 0) is 11.8 Å². The molecule has 0 spiro atoms. The van der Waals surface area contributed by atoms with Crippen LogP contribution in [0.4, 0.5) is 0 Å². The molecule has 1 fully saturated rings. The van der Waals surface area contributed by atoms with Crippen LogP contribution in [-0.4, -0.2) is 51.9 Å². The van der Waals surface area contributed by atoms with E-state index in [0.717, 1.165) is 25.9 Å². The van der Waals surface area contributed by atoms with Crippen LogP contribution in [0.15, 0.2) is 12.5 Å². The van der Waals surface area contributed by atoms with E-state index in [1.807, 2.05) is 0 Å². The summed E-state index contributed by atoms with van der Waals surface area (Å²) in [4.78, 5) is 29.2. The molecule has 0 atom stereocenters. The second-order valence-corrected chi connectivity index (χ2v) is 4.77. The van der Waals surface area contributed by atoms with Crippen LogP contribution in [0.3, 0.4) is 0 Å². The second kappa shape index (κ2) is 5.83. The van der Waals surface area contributed by atoms with Crippen LogP contribution in [0.1, 0.15) is 23.3 Å². The van der Waals surface area contributed by atoms with Gasteiger partial charge in [-0.1, -0.05) is 0 Å². The molecule has 1 aromatic rings. The van der Waals surface area contributed by atoms with Crippen molar-refractivity contribution >= 4 is 11.8 Å². The van der Waals surface area contributed by atoms with Gasteiger partial charge in [0.05, 0.1) is 19.1 Å². The summed E-state index contributed by atoms with van der Waals surface area (Å²) < 4.78 is 1.65. The van der Waals surface area contributed by atoms with E-state index in [-0.39, 0.29) is 18.5 Å². The Morgan fingerprint density at radius 1 is 1.53 bits per heavy atom. The molecule has 1 aromatic heterocycles. The summed E-state index contributed by atoms with van der Waals surface area (Å²) in [6.45, 7) is 1.64. The Balaban J connectivity index is 2.19. The average Bonchev–Trinajstić information content (AvgIpc) is 2.82. The highest BCUT2D eigenvalue weighted by atomic mass is 16.2. The Labute approximate surface area is 111 Å². The largest absolute Gasteiger partial charge is 0.368 e. The normalized spacial score (nSPS) is 16.3. The Morgan fingerprint density at radius 3 is 2.74 bits per heavy atom. The van der Waals surface area contributed by atoms with Gasteiger partial charge in [-0.15, -0.1) is 0 Å². The second-order valence-electron chi connectivity index (χ2n) is 4.77. The van der Waals surface area contributed by atoms with Crippen molar-refractivity contribution in [1.82, 2.24) is 19.8 Å². The van der Waals surface area contributed by atoms with Crippen LogP contribution < -0.4 is 11.1 Å². The maximum absolute atomic E-state index is 12.5. The molecule has 1 aliphatic heterocycles. The van der Waals surface area contributed by atoms with E-state index >= 15 is 0 Å². The highest BCUT2D eigenvalue weighted by molar-refractivity contribution is 5.95. The van der Waals surface area contributed by atoms with Crippen molar-refractivity contribution in [3.05, 3.63) is 18.2 Å². The predicted octanol–water partition coefficient (Wildman–Crippen LogP) is -0.900. The molecule has 1 saturated heterocycles. The number of hydrogen-bond acceptors (Lipinski definition) is 4. The average molecular weight is 265 g/mol. The van der Waals surface area contributed by atoms with Crippen molar-refractivity contribution in [3.63, 3.8) is 0 Å². The molecule has 3 N–H and O–H groups in total. The van der Waals surface area contributed by atoms with E-state index in [2.05, 4.69) is 10.3 Å². The van der Waals surface area contributed by atoms with E-state index in [4.69, 9.17) is 5.73 Å². The zero-order valence-corrected chi connectivity index (χ0v) is 11.0. The highest BCUT2D eigenvalue weighted by Gasteiger charge is 2.28. The van der Waals surface area contributed by atoms with Gasteiger partial charge in [-0.25, -0.2) is 4.98 Å². The molecule has 104 valence electrons. The molecule has 0 radical (unpaired) electrons. The lowest BCUT2D eigenvalue weighted by Crippen LogP contribution is -2.49. The van der Waals surface area contributed by atoms with Gasteiger partial charge in [-0.2, -0.15) is 0 Å². The van der Waals surface area contributed by atoms with E-state index in [9.17, 15) is 9.59 Å². The number of amides is 2. The van der Waals surface area contributed by atoms with Gasteiger partial charge in [0, 0.05) is 13.1 Å². The number of piperidine rings is 1. The van der Waals surface area contributed by atoms with Gasteiger partial charge in [-0.3, -0.25) is 9.59 Å². The van der Waals surface area contributed by atoms with Crippen molar-refractivity contribution in [2.75, 3.05) is 19.6 Å². The Morgan fingerprint density at radius 2 is 2.21 bits per heavy atom. The number of carbonyl (C=O) groups excluding carboxylic acids is 2. The van der Waals surface area contributed by atoms with Crippen molar-refractivity contribution in [1.29, 1.82) is 0 Å². The number of hydrogen-bond donors (Lipinski definition) is 2. The van der Waals surface area contributed by atoms with Gasteiger partial charge in [0.1, 0.15) is 5.69 Å². The third-order valence-electron chi connectivity index (χ3n) is 3.37. The first-order valence-electron chi connectivity index (χ1n) is 6.36. The van der Waals surface area contributed by atoms with Crippen molar-refractivity contribution < 1.29 is 9.59 Å². The molecule has 0 aromatic carbocycles. The molecule has 2 rings (SSSR count). The smallest absolute Gasteiger partial charge is 0.272 e. The quantitative estimate of drug-likeness (QED) is 0.738. The zero-order valence-electron chi connectivity index (χ0n) is 11.0. The summed E-state index contributed by atoms with van der Waals surface area (Å²) >= 11 is 0. The number of carbonyl (C=O) groups is 2. The summed E-state index contributed by atoms with van der Waals surface area (Å²) in [6.07, 6.45) is 4.74. The molecule has 0 aliphatic carbocycles. The van der Waals surface area contributed by atoms with Crippen LogP contribution in [0.2, 0.25) is 0 Å². The lowest BCUT2D eigenvalue weighted by Gasteiger charge is -2.33. The Bertz CT molecular complexity index is 464. The van der Waals surface area contributed by atoms with E-state index < -0.39 is 5.91 Å². The van der Waals surface area contributed by atoms with Crippen molar-refractivity contribution in [2.24, 2.45) is 12.8 Å². The molecule has 7 heteroatoms. The summed E-state index contributed by atoms with van der Waals surface area (Å²) in [7, 11) is 1.76. The number of rotatable bonds is 4. The molecular formula is C12H19N5O2. The minimum atomic E-state index is -0.492. The summed E-state index contributed by atoms with van der Waals surface area (Å²) in [5.74, 6) is -0.681. The minimum absolute atomic E-state index is 0.0469. The van der Waals surface area contributed by atoms with Gasteiger partial charge in [-0.05, 0) is 25.9 Å². The highest BCUT2D eigenvalue weighted by Crippen LogP contribution is 2.15. The number of nitrogens with two attached hydrogens (primary N) is 1. The minimum Gasteiger partial charge on any atom is -0.368 e. The van der Waals surface area contributed by atoms with Gasteiger partial charge in [0.2, 0.25) is 5.91 Å². The van der Waals surface area contributed by atoms with E-state index in [0.29, 0.717) is 5.69 Å². The number of aryl methyl sites for hydroxylation is 1. The van der Waals surface area contributed by atoms with Gasteiger partial charge in [0.25, 0.3) is 5.91 Å². The topological polar surface area (TPSA) is 93.2 Å². The third-order valence-corrected chi connectivity index (χ3v) is 3.37. The third kappa shape index (κ3) is 3.11. The first kappa shape index (κ1) is 13.5. The van der Waals surface area contributed by atoms with Crippen LogP contribution >= 0.6 is 0 Å². The predicted molar refractivity (Wildman–Crippen MR) is 69.3 cm³/mol. The van der Waals surface area contributed by atoms with Crippen molar-refractivity contribution in [2.45, 2.75) is 18.9 Å². The molecular weight excluding hydrogens is 246 g/mol. The number of aromatic nitrogens is 2. The maximum atomic E-state index is 12.5. The van der Waals surface area contributed by atoms with Crippen LogP contribution in [0.25, 0.3) is 0 Å². The van der Waals surface area contributed by atoms with Crippen LogP contribution in [0, 0.1) is 0 Å². The molecule has 2 amide bonds. The summed E-state index contributed by atoms with van der Waals surface area (Å²) in [5.41, 5.74) is 5.73. The lowest BCUT2D eigenvalue weighted by molar-refractivity contribution is -0.119. The molecule has 2 heterocycles. The molecule has 7 nitrogen and oxygen atoms in total. The number of primary amides is 1. The van der Waals surface area contributed by atoms with E-state index in [1.54, 1.807) is 22.8 Å². The van der Waals surface area contributed by atoms with Crippen molar-refractivity contribution in [3.8, 4) is 0 Å². The molecule has 0 bridgehead atoms. The van der Waals surface area contributed by atoms with Crippen LogP contribution in [0.5, 0.6) is 0 Å². The lowest BCUT2D eigenvalue weighted by atomic mass is 10.0. The van der Waals surface area contributed by atoms with E-state index in [1.165, 1.54) is 6.20 Å². The molecule has 1 aliphatic rings. The fourth-order valence-electron chi connectivity index (χ4n) is 2.36. The maximum Gasteiger partial charge on any atom is 0.272 e. The summed E-state index contributed by atoms with van der Waals surface area (Å²) in [6, 6.07) is 0.0520. The zero-order chi connectivity index (χ0) is 13.8. The number of nitrogens with zero attached hydrogens (tertiary/aromatic N) is 3. The molecule has 0 unspecified atom stereocenters. The first-order valence-corrected chi connectivity index (χ1v) is 6.36. The monoisotopic (exact) mass is 265 g/mol. The van der Waals surface area contributed by atoms with Gasteiger partial charge < -0.3 is 20.5 Å². The van der Waals surface area contributed by atoms with Gasteiger partial charge >= 0.3 is 0 Å². The Kier molecular flexibility index (Phi) is 4.16. The fourth-order valence-corrected chi connectivity index (χ4v) is 2.36. The van der Waals surface area contributed by atoms with Gasteiger partial charge in [0.15, 0.2) is 0 Å². The number of imidazole rings is 1. The summed E-state index contributed by atoms with van der Waals surface area (Å²) in [5, 5.41) is 3.24. The molecule has 19 heavy (non-hydrogen) atoms. The SMILES string of the molecule is Cn1cncc1C(=O)N(CC(N)=O)C1CCNCC1. The fraction of sp³-hybridized carbons (Fsp3) is 0.583. The first-order chi connectivity index (χ1) is 9.09. The Hall–Kier alpha value is -1.89. The number of nitrogens with one attached hydrogen (secondary N) is 1. The standard InChI is InChI=1S/C12H19N5O2/c1-16-8-15-6-10(16)12(19)17(7-11(13)18)9-2-4-14-5-3-9/h6,8-9,14H,2-5,7H2,1H3,(H2,13,18).